The number of nitrogens with two attached hydrogens (primary N) is 2. The molecule has 8 heterocycles. The fourth-order valence-corrected chi connectivity index (χ4v) is 12.2. The molecule has 2 spiro atoms. The highest BCUT2D eigenvalue weighted by atomic mass is 127. The first-order valence-corrected chi connectivity index (χ1v) is 23.9. The summed E-state index contributed by atoms with van der Waals surface area (Å²) in [7, 11) is 0. The minimum absolute atomic E-state index is 0. The first kappa shape index (κ1) is 50.1. The molecule has 18 nitrogen and oxygen atoms in total. The van der Waals surface area contributed by atoms with Crippen molar-refractivity contribution in [2.45, 2.75) is 107 Å². The Balaban J connectivity index is 0.000000154. The highest BCUT2D eigenvalue weighted by molar-refractivity contribution is 14.1. The van der Waals surface area contributed by atoms with Crippen molar-refractivity contribution in [1.82, 2.24) is 49.8 Å². The van der Waals surface area contributed by atoms with Crippen LogP contribution in [-0.2, 0) is 23.7 Å². The topological polar surface area (TPSA) is 265 Å². The summed E-state index contributed by atoms with van der Waals surface area (Å²) in [5, 5.41) is 3.37. The Morgan fingerprint density at radius 1 is 0.571 bits per heavy atom. The molecule has 5 fully saturated rings. The van der Waals surface area contributed by atoms with Gasteiger partial charge in [0.1, 0.15) is 58.5 Å². The predicted octanol–water partition coefficient (Wildman–Crippen LogP) is 8.09. The van der Waals surface area contributed by atoms with Crippen LogP contribution in [0.4, 0.5) is 11.6 Å². The molecule has 23 heteroatoms. The Morgan fingerprint density at radius 2 is 0.905 bits per heavy atom. The van der Waals surface area contributed by atoms with Crippen molar-refractivity contribution in [3.8, 4) is 0 Å². The number of Topliss-reactive ketones (excluding diaryl/α,β-unsaturated/α-hetero) is 1. The monoisotopic (exact) mass is 1250 g/mol. The molecule has 342 valence electrons. The minimum Gasteiger partial charge on any atom is -0.412 e. The Morgan fingerprint density at radius 3 is 1.30 bits per heavy atom. The number of fused-ring (bicyclic) bond motifs is 3. The fraction of sp³-hybridized carbons (Fsp3) is 0.525. The van der Waals surface area contributed by atoms with E-state index in [1.54, 1.807) is 0 Å². The number of ketones is 1. The third kappa shape index (κ3) is 10.2. The smallest absolute Gasteiger partial charge is 0.168 e. The van der Waals surface area contributed by atoms with E-state index in [0.29, 0.717) is 53.5 Å². The van der Waals surface area contributed by atoms with Gasteiger partial charge >= 0.3 is 0 Å². The molecule has 3 saturated carbocycles. The summed E-state index contributed by atoms with van der Waals surface area (Å²) >= 11 is 13.1. The number of anilines is 2. The van der Waals surface area contributed by atoms with Gasteiger partial charge in [0.15, 0.2) is 11.6 Å². The van der Waals surface area contributed by atoms with Gasteiger partial charge in [-0.05, 0) is 106 Å². The van der Waals surface area contributed by atoms with E-state index >= 15 is 0 Å². The molecule has 6 aromatic heterocycles. The number of ether oxygens (including phenoxy) is 4. The molecule has 63 heavy (non-hydrogen) atoms. The summed E-state index contributed by atoms with van der Waals surface area (Å²) in [6, 6.07) is 1.19. The third-order valence-corrected chi connectivity index (χ3v) is 15.2. The SMILES string of the molecule is Cl.Clc1ncnc2c1c(I)cn2C1CCC2(CC1)OCCO2.N.Nc1ncnc2c1c(I)cn2C1CCC(=O)CC1.Nc1ncnc2c1c(I)cn2C1CCC2(CC1)OCCO2.O. The molecule has 0 atom stereocenters. The molecule has 6 aromatic rings. The zero-order valence-corrected chi connectivity index (χ0v) is 42.4. The highest BCUT2D eigenvalue weighted by Crippen LogP contribution is 2.44. The molecular weight excluding hydrogens is 1200 g/mol. The van der Waals surface area contributed by atoms with Gasteiger partial charge in [0.25, 0.3) is 0 Å². The standard InChI is InChI=1S/C14H15ClIN3O2.C14H17IN4O2.C12H13IN4O.ClH.H3N.H2O/c15-12-11-10(16)7-19(13(11)18-8-17-12)9-1-3-14(4-2-9)20-5-6-21-14;15-10-7-19(13-11(10)12(16)17-8-18-13)9-1-3-14(4-2-9)20-5-6-21-14;13-9-5-17(7-1-3-8(18)4-2-7)12-10(9)11(14)15-6-16-12;;;/h7-9H,1-6H2;7-9H,1-6H2,(H2,16,17,18);5-7H,1-4H2,(H2,14,15,16);1H;1H3;1H2. The van der Waals surface area contributed by atoms with Crippen LogP contribution in [0.5, 0.6) is 0 Å². The highest BCUT2D eigenvalue weighted by Gasteiger charge is 2.42. The van der Waals surface area contributed by atoms with Gasteiger partial charge in [0, 0.05) is 86.0 Å². The summed E-state index contributed by atoms with van der Waals surface area (Å²) in [6.07, 6.45) is 21.9. The molecule has 2 aliphatic heterocycles. The number of carbonyl (C=O) groups is 1. The summed E-state index contributed by atoms with van der Waals surface area (Å²) in [5.41, 5.74) is 14.6. The van der Waals surface area contributed by atoms with E-state index < -0.39 is 0 Å². The van der Waals surface area contributed by atoms with Crippen LogP contribution in [0.15, 0.2) is 37.6 Å². The van der Waals surface area contributed by atoms with Gasteiger partial charge in [-0.2, -0.15) is 0 Å². The van der Waals surface area contributed by atoms with Crippen molar-refractivity contribution in [3.05, 3.63) is 53.4 Å². The molecule has 3 aliphatic carbocycles. The minimum atomic E-state index is -0.320. The van der Waals surface area contributed by atoms with Crippen molar-refractivity contribution in [2.75, 3.05) is 37.9 Å². The van der Waals surface area contributed by atoms with Crippen LogP contribution < -0.4 is 17.6 Å². The molecule has 0 aromatic carbocycles. The molecule has 5 aliphatic rings. The Hall–Kier alpha value is -2.34. The number of rotatable bonds is 3. The van der Waals surface area contributed by atoms with Crippen molar-refractivity contribution >= 4 is 142 Å². The number of carbonyl (C=O) groups excluding carboxylic acids is 1. The van der Waals surface area contributed by atoms with E-state index in [2.05, 4.69) is 130 Å². The average Bonchev–Trinajstić information content (AvgIpc) is 4.10. The zero-order valence-electron chi connectivity index (χ0n) is 34.4. The number of hydrogen-bond acceptors (Lipinski definition) is 14. The van der Waals surface area contributed by atoms with Crippen LogP contribution in [0.3, 0.4) is 0 Å². The molecule has 2 saturated heterocycles. The maximum Gasteiger partial charge on any atom is 0.168 e. The maximum atomic E-state index is 11.3. The van der Waals surface area contributed by atoms with Crippen LogP contribution in [0.2, 0.25) is 5.15 Å². The second-order valence-corrected chi connectivity index (χ2v) is 19.7. The predicted molar refractivity (Wildman–Crippen MR) is 267 cm³/mol. The number of halogens is 5. The van der Waals surface area contributed by atoms with E-state index in [9.17, 15) is 4.79 Å². The lowest BCUT2D eigenvalue weighted by atomic mass is 9.90. The van der Waals surface area contributed by atoms with Crippen LogP contribution in [0, 0.1) is 10.7 Å². The summed E-state index contributed by atoms with van der Waals surface area (Å²) < 4.78 is 33.1. The van der Waals surface area contributed by atoms with E-state index in [1.165, 1.54) is 19.0 Å². The van der Waals surface area contributed by atoms with E-state index in [0.717, 1.165) is 134 Å². The normalized spacial score (nSPS) is 20.8. The van der Waals surface area contributed by atoms with Crippen LogP contribution >= 0.6 is 91.8 Å². The van der Waals surface area contributed by atoms with Gasteiger partial charge in [-0.25, -0.2) is 29.9 Å². The fourth-order valence-electron chi connectivity index (χ4n) is 9.38. The summed E-state index contributed by atoms with van der Waals surface area (Å²) in [6.45, 7) is 2.88. The van der Waals surface area contributed by atoms with Crippen molar-refractivity contribution in [1.29, 1.82) is 0 Å². The first-order chi connectivity index (χ1) is 29.0. The molecule has 0 unspecified atom stereocenters. The molecule has 0 bridgehead atoms. The van der Waals surface area contributed by atoms with Crippen molar-refractivity contribution in [2.24, 2.45) is 0 Å². The zero-order chi connectivity index (χ0) is 41.6. The Labute approximate surface area is 415 Å². The van der Waals surface area contributed by atoms with E-state index in [-0.39, 0.29) is 35.6 Å². The maximum absolute atomic E-state index is 11.3. The van der Waals surface area contributed by atoms with Gasteiger partial charge in [-0.15, -0.1) is 12.4 Å². The molecule has 9 N–H and O–H groups in total. The number of aromatic nitrogens is 9. The quantitative estimate of drug-likeness (QED) is 0.112. The lowest BCUT2D eigenvalue weighted by Crippen LogP contribution is -2.35. The van der Waals surface area contributed by atoms with Crippen LogP contribution in [0.25, 0.3) is 33.1 Å². The molecule has 11 rings (SSSR count). The van der Waals surface area contributed by atoms with E-state index in [1.807, 2.05) is 0 Å². The van der Waals surface area contributed by atoms with Crippen molar-refractivity contribution < 1.29 is 29.2 Å². The Bertz CT molecular complexity index is 2400. The van der Waals surface area contributed by atoms with Gasteiger partial charge < -0.3 is 55.7 Å². The Kier molecular flexibility index (Phi) is 16.8. The second kappa shape index (κ2) is 21.1. The van der Waals surface area contributed by atoms with Gasteiger partial charge in [-0.3, -0.25) is 4.79 Å². The molecule has 0 radical (unpaired) electrons. The lowest BCUT2D eigenvalue weighted by Gasteiger charge is -2.36. The lowest BCUT2D eigenvalue weighted by molar-refractivity contribution is -0.181. The first-order valence-electron chi connectivity index (χ1n) is 20.3. The molecule has 0 amide bonds. The second-order valence-electron chi connectivity index (χ2n) is 15.9. The molecular formula is C40H51Cl2I3N12O6. The number of hydrogen-bond donors (Lipinski definition) is 3. The van der Waals surface area contributed by atoms with Gasteiger partial charge in [0.2, 0.25) is 0 Å². The summed E-state index contributed by atoms with van der Waals surface area (Å²) in [5.74, 6) is 0.805. The third-order valence-electron chi connectivity index (χ3n) is 12.5. The van der Waals surface area contributed by atoms with Gasteiger partial charge in [-0.1, -0.05) is 11.6 Å². The summed E-state index contributed by atoms with van der Waals surface area (Å²) in [4.78, 5) is 36.7. The van der Waals surface area contributed by atoms with Crippen molar-refractivity contribution in [3.63, 3.8) is 0 Å². The number of nitrogens with zero attached hydrogens (tertiary/aromatic N) is 9. The van der Waals surface area contributed by atoms with E-state index in [4.69, 9.17) is 42.0 Å². The average molecular weight is 1250 g/mol. The number of nitrogen functional groups attached to an aromatic ring is 2. The van der Waals surface area contributed by atoms with Crippen LogP contribution in [-0.4, -0.2) is 92.9 Å². The largest absolute Gasteiger partial charge is 0.412 e. The van der Waals surface area contributed by atoms with Gasteiger partial charge in [0.05, 0.1) is 42.6 Å². The van der Waals surface area contributed by atoms with Crippen LogP contribution in [0.1, 0.15) is 95.2 Å².